The summed E-state index contributed by atoms with van der Waals surface area (Å²) >= 11 is 12.4. The van der Waals surface area contributed by atoms with E-state index in [1.54, 1.807) is 90.3 Å². The minimum Gasteiger partial charge on any atom is -0.389 e. The van der Waals surface area contributed by atoms with E-state index in [1.165, 1.54) is 22.4 Å². The fraction of sp³-hybridized carbons (Fsp3) is 0.333. The van der Waals surface area contributed by atoms with Crippen molar-refractivity contribution in [2.24, 2.45) is 19.8 Å². The molecule has 56 heavy (non-hydrogen) atoms. The maximum Gasteiger partial charge on any atom is 0.259 e. The van der Waals surface area contributed by atoms with Crippen LogP contribution in [0.15, 0.2) is 87.8 Å². The Bertz CT molecular complexity index is 2620. The zero-order chi connectivity index (χ0) is 41.9. The van der Waals surface area contributed by atoms with Crippen LogP contribution in [-0.4, -0.2) is 77.2 Å². The summed E-state index contributed by atoms with van der Waals surface area (Å²) in [5, 5.41) is 24.0. The van der Waals surface area contributed by atoms with Gasteiger partial charge in [-0.2, -0.15) is 9.97 Å². The number of rotatable bonds is 7. The number of hydrogen-bond donors (Lipinski definition) is 4. The molecule has 2 atom stereocenters. The van der Waals surface area contributed by atoms with Crippen LogP contribution in [0.5, 0.6) is 0 Å². The van der Waals surface area contributed by atoms with Gasteiger partial charge in [-0.15, -0.1) is 0 Å². The number of nitrogens with one attached hydrogen (secondary N) is 1. The lowest BCUT2D eigenvalue weighted by molar-refractivity contribution is 0.0581. The third-order valence-electron chi connectivity index (χ3n) is 9.05. The lowest BCUT2D eigenvalue weighted by Gasteiger charge is -2.26. The highest BCUT2D eigenvalue weighted by molar-refractivity contribution is 7.90. The Kier molecular flexibility index (Phi) is 13.5. The number of hydrogen-bond acceptors (Lipinski definition) is 12. The molecule has 0 unspecified atom stereocenters. The third-order valence-corrected chi connectivity index (χ3v) is 10.6. The maximum absolute atomic E-state index is 12.8. The van der Waals surface area contributed by atoms with E-state index < -0.39 is 21.0 Å². The molecule has 4 aromatic heterocycles. The molecule has 298 valence electrons. The molecule has 0 aliphatic rings. The van der Waals surface area contributed by atoms with Gasteiger partial charge in [0.1, 0.15) is 11.3 Å². The fourth-order valence-corrected chi connectivity index (χ4v) is 5.81. The number of aliphatic hydroxyl groups is 2. The number of benzene rings is 2. The molecule has 0 bridgehead atoms. The highest BCUT2D eigenvalue weighted by Gasteiger charge is 2.23. The van der Waals surface area contributed by atoms with Crippen molar-refractivity contribution in [3.8, 4) is 22.3 Å². The summed E-state index contributed by atoms with van der Waals surface area (Å²) in [6.45, 7) is 10.4. The Labute approximate surface area is 334 Å². The topological polar surface area (TPSA) is 208 Å². The van der Waals surface area contributed by atoms with Gasteiger partial charge in [-0.05, 0) is 65.8 Å². The Balaban J connectivity index is 0.000000214. The molecule has 14 nitrogen and oxygen atoms in total. The minimum absolute atomic E-state index is 0.146. The average molecular weight is 826 g/mol. The van der Waals surface area contributed by atoms with Gasteiger partial charge in [-0.1, -0.05) is 59.6 Å². The van der Waals surface area contributed by atoms with E-state index in [0.717, 1.165) is 11.6 Å². The molecule has 4 heterocycles. The molecule has 0 saturated heterocycles. The van der Waals surface area contributed by atoms with Crippen LogP contribution in [0.3, 0.4) is 0 Å². The number of aryl methyl sites for hydroxylation is 2. The predicted octanol–water partition coefficient (Wildman–Crippen LogP) is 5.38. The van der Waals surface area contributed by atoms with Crippen LogP contribution in [0.4, 0.5) is 5.95 Å². The molecule has 6 aromatic rings. The van der Waals surface area contributed by atoms with Gasteiger partial charge in [0.2, 0.25) is 20.9 Å². The number of anilines is 1. The van der Waals surface area contributed by atoms with Gasteiger partial charge in [0.25, 0.3) is 11.1 Å². The van der Waals surface area contributed by atoms with Gasteiger partial charge in [-0.3, -0.25) is 18.7 Å². The van der Waals surface area contributed by atoms with Crippen molar-refractivity contribution in [3.63, 3.8) is 0 Å². The summed E-state index contributed by atoms with van der Waals surface area (Å²) in [6, 6.07) is 17.2. The number of nitrogens with zero attached hydrogens (tertiary/aromatic N) is 6. The van der Waals surface area contributed by atoms with Gasteiger partial charge in [-0.25, -0.2) is 18.4 Å². The molecular weight excluding hydrogens is 779 g/mol. The summed E-state index contributed by atoms with van der Waals surface area (Å²) in [6.07, 6.45) is 4.06. The lowest BCUT2D eigenvalue weighted by Crippen LogP contribution is -2.40. The lowest BCUT2D eigenvalue weighted by atomic mass is 10.0. The van der Waals surface area contributed by atoms with Gasteiger partial charge in [0.15, 0.2) is 0 Å². The normalized spacial score (nSPS) is 13.0. The molecule has 17 heteroatoms. The number of aromatic nitrogens is 6. The Morgan fingerprint density at radius 1 is 0.732 bits per heavy atom. The molecular formula is C39H46Cl2N8O6S. The van der Waals surface area contributed by atoms with Crippen LogP contribution in [0.2, 0.25) is 10.0 Å². The van der Waals surface area contributed by atoms with Crippen molar-refractivity contribution in [3.05, 3.63) is 104 Å². The summed E-state index contributed by atoms with van der Waals surface area (Å²) in [4.78, 5) is 42.0. The van der Waals surface area contributed by atoms with E-state index in [2.05, 4.69) is 25.3 Å². The minimum atomic E-state index is -3.55. The van der Waals surface area contributed by atoms with E-state index in [4.69, 9.17) is 34.0 Å². The van der Waals surface area contributed by atoms with Crippen molar-refractivity contribution in [2.45, 2.75) is 70.0 Å². The quantitative estimate of drug-likeness (QED) is 0.150. The summed E-state index contributed by atoms with van der Waals surface area (Å²) in [7, 11) is -0.352. The molecule has 2 aromatic carbocycles. The second-order valence-corrected chi connectivity index (χ2v) is 17.2. The van der Waals surface area contributed by atoms with Crippen LogP contribution < -0.4 is 22.2 Å². The molecule has 0 aliphatic heterocycles. The molecule has 5 N–H and O–H groups in total. The van der Waals surface area contributed by atoms with Gasteiger partial charge in [0.05, 0.1) is 17.2 Å². The second kappa shape index (κ2) is 17.2. The average Bonchev–Trinajstić information content (AvgIpc) is 3.11. The van der Waals surface area contributed by atoms with Crippen LogP contribution >= 0.6 is 23.2 Å². The summed E-state index contributed by atoms with van der Waals surface area (Å²) in [5.74, 6) is 0.354. The first-order valence-electron chi connectivity index (χ1n) is 17.3. The SMILES string of the molecule is C[C@@H](Nc1ncc2cc(-c3ccccc3Cl)c(=O)n(C)c2n1)C(C)(C)O.C[C@H](N)C(C)(C)O.Cn1c(=O)c(-c2ccccc2Cl)cc2cnc(S(C)(=O)=O)nc21. The van der Waals surface area contributed by atoms with Crippen molar-refractivity contribution < 1.29 is 18.6 Å². The van der Waals surface area contributed by atoms with E-state index >= 15 is 0 Å². The Morgan fingerprint density at radius 3 is 1.54 bits per heavy atom. The fourth-order valence-electron chi connectivity index (χ4n) is 4.84. The zero-order valence-corrected chi connectivity index (χ0v) is 34.9. The zero-order valence-electron chi connectivity index (χ0n) is 32.5. The first-order chi connectivity index (χ1) is 25.9. The number of halogens is 2. The number of sulfone groups is 1. The highest BCUT2D eigenvalue weighted by Crippen LogP contribution is 2.28. The van der Waals surface area contributed by atoms with E-state index in [-0.39, 0.29) is 34.0 Å². The Hall–Kier alpha value is -4.77. The first kappa shape index (κ1) is 44.0. The monoisotopic (exact) mass is 824 g/mol. The van der Waals surface area contributed by atoms with E-state index in [0.29, 0.717) is 49.3 Å². The molecule has 0 radical (unpaired) electrons. The number of fused-ring (bicyclic) bond motifs is 2. The maximum atomic E-state index is 12.8. The van der Waals surface area contributed by atoms with Gasteiger partial charge < -0.3 is 21.3 Å². The van der Waals surface area contributed by atoms with Crippen LogP contribution in [0.25, 0.3) is 44.3 Å². The van der Waals surface area contributed by atoms with Gasteiger partial charge in [0, 0.05) is 81.9 Å². The van der Waals surface area contributed by atoms with Crippen molar-refractivity contribution >= 4 is 61.1 Å². The summed E-state index contributed by atoms with van der Waals surface area (Å²) < 4.78 is 25.9. The first-order valence-corrected chi connectivity index (χ1v) is 20.0. The van der Waals surface area contributed by atoms with Crippen molar-refractivity contribution in [1.29, 1.82) is 0 Å². The van der Waals surface area contributed by atoms with Crippen molar-refractivity contribution in [2.75, 3.05) is 11.6 Å². The largest absolute Gasteiger partial charge is 0.389 e. The van der Waals surface area contributed by atoms with E-state index in [1.807, 2.05) is 25.1 Å². The molecule has 0 saturated carbocycles. The molecule has 0 amide bonds. The van der Waals surface area contributed by atoms with Gasteiger partial charge >= 0.3 is 0 Å². The standard InChI is InChI=1S/C19H21ClN4O2.C15H12ClN3O3S.C5H13NO/c1-11(19(2,3)26)22-18-21-10-12-9-14(13-7-5-6-8-15(13)20)17(25)24(4)16(12)23-18;1-19-13-9(8-17-15(18-13)23(2,21)22)7-11(14(19)20)10-5-3-4-6-12(10)16;1-4(6)5(2,3)7/h5-11,26H,1-4H3,(H,21,22,23);3-8H,1-2H3;4,7H,6H2,1-3H3/t11-;;4-/m1.0/s1. The second-order valence-electron chi connectivity index (χ2n) is 14.4. The number of nitrogens with two attached hydrogens (primary N) is 1. The Morgan fingerprint density at radius 2 is 1.14 bits per heavy atom. The predicted molar refractivity (Wildman–Crippen MR) is 223 cm³/mol. The molecule has 0 spiro atoms. The van der Waals surface area contributed by atoms with E-state index in [9.17, 15) is 23.1 Å². The van der Waals surface area contributed by atoms with Crippen LogP contribution in [0, 0.1) is 0 Å². The highest BCUT2D eigenvalue weighted by atomic mass is 35.5. The number of pyridine rings is 2. The smallest absolute Gasteiger partial charge is 0.259 e. The summed E-state index contributed by atoms with van der Waals surface area (Å²) in [5.41, 5.74) is 6.10. The molecule has 6 rings (SSSR count). The molecule has 0 fully saturated rings. The van der Waals surface area contributed by atoms with Crippen LogP contribution in [0.1, 0.15) is 41.5 Å². The third kappa shape index (κ3) is 10.3. The van der Waals surface area contributed by atoms with Crippen molar-refractivity contribution in [1.82, 2.24) is 29.1 Å². The van der Waals surface area contributed by atoms with Crippen LogP contribution in [-0.2, 0) is 23.9 Å². The molecule has 0 aliphatic carbocycles.